The minimum absolute atomic E-state index is 0.162. The lowest BCUT2D eigenvalue weighted by atomic mass is 9.75. The van der Waals surface area contributed by atoms with Gasteiger partial charge in [0.15, 0.2) is 0 Å². The van der Waals surface area contributed by atoms with Crippen molar-refractivity contribution in [3.63, 3.8) is 0 Å². The Hall–Kier alpha value is -0.120. The number of hydrogen-bond donors (Lipinski definition) is 2. The summed E-state index contributed by atoms with van der Waals surface area (Å²) >= 11 is 0. The van der Waals surface area contributed by atoms with Crippen LogP contribution in [0.15, 0.2) is 0 Å². The van der Waals surface area contributed by atoms with Crippen molar-refractivity contribution in [3.05, 3.63) is 0 Å². The van der Waals surface area contributed by atoms with Crippen LogP contribution in [0.5, 0.6) is 0 Å². The van der Waals surface area contributed by atoms with Gasteiger partial charge in [0.05, 0.1) is 5.60 Å². The summed E-state index contributed by atoms with van der Waals surface area (Å²) in [7, 11) is 0. The molecule has 1 aliphatic heterocycles. The Bertz CT molecular complexity index is 163. The van der Waals surface area contributed by atoms with E-state index in [1.165, 1.54) is 12.8 Å². The zero-order valence-electron chi connectivity index (χ0n) is 7.38. The summed E-state index contributed by atoms with van der Waals surface area (Å²) in [6, 6.07) is 0.608. The smallest absolute Gasteiger partial charge is 0.0847 e. The largest absolute Gasteiger partial charge is 0.396 e. The van der Waals surface area contributed by atoms with Crippen molar-refractivity contribution in [3.8, 4) is 0 Å². The molecule has 2 aliphatic rings. The van der Waals surface area contributed by atoms with Crippen molar-refractivity contribution in [1.29, 1.82) is 0 Å². The quantitative estimate of drug-likeness (QED) is 0.597. The number of aliphatic hydroxyl groups is 1. The fraction of sp³-hybridized carbons (Fsp3) is 1.00. The molecule has 70 valence electrons. The van der Waals surface area contributed by atoms with Crippen LogP contribution in [-0.4, -0.2) is 36.5 Å². The van der Waals surface area contributed by atoms with E-state index >= 15 is 0 Å². The average molecular weight is 171 g/mol. The molecule has 1 heterocycles. The molecular weight excluding hydrogens is 154 g/mol. The summed E-state index contributed by atoms with van der Waals surface area (Å²) in [5.41, 5.74) is 0.162. The molecule has 0 aromatic heterocycles. The van der Waals surface area contributed by atoms with Gasteiger partial charge in [-0.3, -0.25) is 0 Å². The number of rotatable bonds is 4. The van der Waals surface area contributed by atoms with E-state index in [-0.39, 0.29) is 12.2 Å². The van der Waals surface area contributed by atoms with Crippen LogP contribution in [0.3, 0.4) is 0 Å². The highest BCUT2D eigenvalue weighted by molar-refractivity contribution is 5.07. The average Bonchev–Trinajstić information content (AvgIpc) is 2.32. The predicted molar refractivity (Wildman–Crippen MR) is 46.0 cm³/mol. The van der Waals surface area contributed by atoms with E-state index < -0.39 is 0 Å². The maximum Gasteiger partial charge on any atom is 0.0847 e. The highest BCUT2D eigenvalue weighted by Crippen LogP contribution is 2.42. The summed E-state index contributed by atoms with van der Waals surface area (Å²) in [5.74, 6) is 0. The van der Waals surface area contributed by atoms with Crippen molar-refractivity contribution in [2.75, 3.05) is 19.8 Å². The third-order valence-corrected chi connectivity index (χ3v) is 3.12. The number of aliphatic hydroxyl groups excluding tert-OH is 1. The minimum atomic E-state index is 0.162. The van der Waals surface area contributed by atoms with Crippen molar-refractivity contribution in [2.45, 2.75) is 37.3 Å². The molecule has 1 saturated heterocycles. The Morgan fingerprint density at radius 3 is 3.00 bits per heavy atom. The Morgan fingerprint density at radius 2 is 2.42 bits per heavy atom. The molecule has 3 nitrogen and oxygen atoms in total. The fourth-order valence-electron chi connectivity index (χ4n) is 2.24. The first kappa shape index (κ1) is 8.48. The summed E-state index contributed by atoms with van der Waals surface area (Å²) in [6.07, 6.45) is 4.40. The second-order valence-corrected chi connectivity index (χ2v) is 3.79. The van der Waals surface area contributed by atoms with Gasteiger partial charge in [0.25, 0.3) is 0 Å². The highest BCUT2D eigenvalue weighted by Gasteiger charge is 2.50. The second-order valence-electron chi connectivity index (χ2n) is 3.79. The van der Waals surface area contributed by atoms with Gasteiger partial charge in [0, 0.05) is 19.3 Å². The molecule has 12 heavy (non-hydrogen) atoms. The number of hydrogen-bond acceptors (Lipinski definition) is 3. The van der Waals surface area contributed by atoms with Gasteiger partial charge in [-0.05, 0) is 32.2 Å². The molecule has 0 radical (unpaired) electrons. The second kappa shape index (κ2) is 3.32. The Labute approximate surface area is 73.1 Å². The lowest BCUT2D eigenvalue weighted by Crippen LogP contribution is -2.53. The number of fused-ring (bicyclic) bond motifs is 1. The van der Waals surface area contributed by atoms with E-state index in [1.807, 2.05) is 0 Å². The van der Waals surface area contributed by atoms with Gasteiger partial charge in [-0.15, -0.1) is 0 Å². The maximum atomic E-state index is 8.61. The molecule has 2 fully saturated rings. The Balaban J connectivity index is 1.78. The van der Waals surface area contributed by atoms with Gasteiger partial charge in [0.2, 0.25) is 0 Å². The normalized spacial score (nSPS) is 39.2. The minimum Gasteiger partial charge on any atom is -0.396 e. The SMILES string of the molecule is OCCCOC12CCNC1CC2. The molecular formula is C9H17NO2. The monoisotopic (exact) mass is 171 g/mol. The van der Waals surface area contributed by atoms with Crippen LogP contribution in [0.4, 0.5) is 0 Å². The van der Waals surface area contributed by atoms with Gasteiger partial charge >= 0.3 is 0 Å². The van der Waals surface area contributed by atoms with E-state index in [4.69, 9.17) is 9.84 Å². The van der Waals surface area contributed by atoms with Crippen LogP contribution in [0, 0.1) is 0 Å². The first-order valence-electron chi connectivity index (χ1n) is 4.86. The molecule has 0 bridgehead atoms. The van der Waals surface area contributed by atoms with E-state index in [2.05, 4.69) is 5.32 Å². The lowest BCUT2D eigenvalue weighted by Gasteiger charge is -2.44. The summed E-state index contributed by atoms with van der Waals surface area (Å²) in [5, 5.41) is 12.0. The molecule has 2 rings (SSSR count). The van der Waals surface area contributed by atoms with Crippen molar-refractivity contribution < 1.29 is 9.84 Å². The summed E-state index contributed by atoms with van der Waals surface area (Å²) < 4.78 is 5.81. The molecule has 1 aliphatic carbocycles. The van der Waals surface area contributed by atoms with E-state index in [0.717, 1.165) is 19.4 Å². The van der Waals surface area contributed by atoms with Crippen LogP contribution in [0.25, 0.3) is 0 Å². The predicted octanol–water partition coefficient (Wildman–Crippen LogP) is 0.280. The molecule has 0 amide bonds. The molecule has 2 unspecified atom stereocenters. The first-order valence-corrected chi connectivity index (χ1v) is 4.86. The molecule has 0 spiro atoms. The topological polar surface area (TPSA) is 41.5 Å². The van der Waals surface area contributed by atoms with Gasteiger partial charge in [0.1, 0.15) is 0 Å². The van der Waals surface area contributed by atoms with Crippen LogP contribution < -0.4 is 5.32 Å². The lowest BCUT2D eigenvalue weighted by molar-refractivity contribution is -0.107. The molecule has 2 N–H and O–H groups in total. The van der Waals surface area contributed by atoms with E-state index in [0.29, 0.717) is 12.6 Å². The number of nitrogens with one attached hydrogen (secondary N) is 1. The third kappa shape index (κ3) is 1.26. The maximum absolute atomic E-state index is 8.61. The van der Waals surface area contributed by atoms with Gasteiger partial charge < -0.3 is 15.2 Å². The molecule has 2 atom stereocenters. The van der Waals surface area contributed by atoms with E-state index in [9.17, 15) is 0 Å². The molecule has 3 heteroatoms. The first-order chi connectivity index (χ1) is 5.87. The van der Waals surface area contributed by atoms with Crippen LogP contribution in [0.2, 0.25) is 0 Å². The molecule has 1 saturated carbocycles. The van der Waals surface area contributed by atoms with Crippen molar-refractivity contribution >= 4 is 0 Å². The summed E-state index contributed by atoms with van der Waals surface area (Å²) in [4.78, 5) is 0. The van der Waals surface area contributed by atoms with Crippen LogP contribution in [0.1, 0.15) is 25.7 Å². The highest BCUT2D eigenvalue weighted by atomic mass is 16.5. The van der Waals surface area contributed by atoms with Gasteiger partial charge in [-0.2, -0.15) is 0 Å². The van der Waals surface area contributed by atoms with E-state index in [1.54, 1.807) is 0 Å². The standard InChI is InChI=1S/C9H17NO2/c11-6-1-7-12-9-3-2-8(9)10-5-4-9/h8,10-11H,1-7H2. The zero-order chi connectivity index (χ0) is 8.44. The third-order valence-electron chi connectivity index (χ3n) is 3.12. The van der Waals surface area contributed by atoms with Crippen molar-refractivity contribution in [2.24, 2.45) is 0 Å². The van der Waals surface area contributed by atoms with Crippen LogP contribution >= 0.6 is 0 Å². The number of ether oxygens (including phenoxy) is 1. The van der Waals surface area contributed by atoms with Crippen molar-refractivity contribution in [1.82, 2.24) is 5.32 Å². The zero-order valence-corrected chi connectivity index (χ0v) is 7.38. The van der Waals surface area contributed by atoms with Gasteiger partial charge in [-0.25, -0.2) is 0 Å². The fourth-order valence-corrected chi connectivity index (χ4v) is 2.24. The van der Waals surface area contributed by atoms with Gasteiger partial charge in [-0.1, -0.05) is 0 Å². The van der Waals surface area contributed by atoms with Crippen LogP contribution in [-0.2, 0) is 4.74 Å². The molecule has 0 aromatic rings. The molecule has 0 aromatic carbocycles. The Morgan fingerprint density at radius 1 is 1.50 bits per heavy atom. The summed E-state index contributed by atoms with van der Waals surface area (Å²) in [6.45, 7) is 2.06. The Kier molecular flexibility index (Phi) is 2.35.